The second-order valence-corrected chi connectivity index (χ2v) is 6.63. The molecule has 0 saturated heterocycles. The van der Waals surface area contributed by atoms with Crippen LogP contribution in [0, 0.1) is 6.92 Å². The van der Waals surface area contributed by atoms with E-state index in [1.165, 1.54) is 25.1 Å². The third-order valence-corrected chi connectivity index (χ3v) is 4.08. The Hall–Kier alpha value is -2.61. The number of rotatable bonds is 5. The second kappa shape index (κ2) is 7.10. The average molecular weight is 370 g/mol. The Kier molecular flexibility index (Phi) is 5.32. The molecular weight excluding hydrogens is 357 g/mol. The number of hydrogen-bond donors (Lipinski definition) is 0. The first-order chi connectivity index (χ1) is 11.6. The fourth-order valence-corrected chi connectivity index (χ4v) is 2.36. The Labute approximate surface area is 142 Å². The molecule has 0 atom stereocenters. The molecule has 0 aliphatic rings. The van der Waals surface area contributed by atoms with Crippen molar-refractivity contribution in [1.82, 2.24) is 0 Å². The first kappa shape index (κ1) is 18.7. The number of hydrogen-bond acceptors (Lipinski definition) is 4. The Balaban J connectivity index is 2.36. The second-order valence-electron chi connectivity index (χ2n) is 5.09. The van der Waals surface area contributed by atoms with E-state index < -0.39 is 27.2 Å². The highest BCUT2D eigenvalue weighted by molar-refractivity contribution is 7.88. The van der Waals surface area contributed by atoms with Crippen LogP contribution in [0.25, 0.3) is 6.08 Å². The van der Waals surface area contributed by atoms with Gasteiger partial charge in [-0.1, -0.05) is 42.5 Å². The van der Waals surface area contributed by atoms with Crippen molar-refractivity contribution < 1.29 is 30.6 Å². The zero-order valence-corrected chi connectivity index (χ0v) is 13.8. The zero-order valence-electron chi connectivity index (χ0n) is 12.9. The van der Waals surface area contributed by atoms with E-state index >= 15 is 0 Å². The van der Waals surface area contributed by atoms with E-state index in [0.717, 1.165) is 12.1 Å². The van der Waals surface area contributed by atoms with Crippen LogP contribution in [0.15, 0.2) is 54.6 Å². The number of ketones is 1. The molecule has 0 aliphatic carbocycles. The van der Waals surface area contributed by atoms with Gasteiger partial charge in [0.25, 0.3) is 0 Å². The zero-order chi connectivity index (χ0) is 18.7. The highest BCUT2D eigenvalue weighted by atomic mass is 32.2. The molecule has 0 bridgehead atoms. The maximum atomic E-state index is 12.5. The summed E-state index contributed by atoms with van der Waals surface area (Å²) in [7, 11) is -5.87. The summed E-state index contributed by atoms with van der Waals surface area (Å²) >= 11 is 0. The third kappa shape index (κ3) is 4.69. The van der Waals surface area contributed by atoms with Gasteiger partial charge in [0.2, 0.25) is 0 Å². The molecule has 0 aromatic heterocycles. The van der Waals surface area contributed by atoms with Crippen molar-refractivity contribution in [2.24, 2.45) is 0 Å². The summed E-state index contributed by atoms with van der Waals surface area (Å²) in [6, 6.07) is 12.5. The predicted molar refractivity (Wildman–Crippen MR) is 86.6 cm³/mol. The van der Waals surface area contributed by atoms with Gasteiger partial charge in [-0.15, -0.1) is 0 Å². The molecule has 0 heterocycles. The standard InChI is InChI=1S/C17H13F3O4S/c1-12-7-9-14(15(21)10-8-13-5-3-2-4-6-13)16(11-12)24-25(22,23)17(18,19)20/h2-11H,1H3/b10-8+. The number of aryl methyl sites for hydroxylation is 1. The first-order valence-corrected chi connectivity index (χ1v) is 8.40. The van der Waals surface area contributed by atoms with Gasteiger partial charge in [-0.25, -0.2) is 0 Å². The van der Waals surface area contributed by atoms with E-state index in [-0.39, 0.29) is 5.56 Å². The molecule has 132 valence electrons. The lowest BCUT2D eigenvalue weighted by molar-refractivity contribution is -0.0500. The van der Waals surface area contributed by atoms with E-state index in [4.69, 9.17) is 0 Å². The Morgan fingerprint density at radius 2 is 1.72 bits per heavy atom. The van der Waals surface area contributed by atoms with E-state index in [1.807, 2.05) is 0 Å². The van der Waals surface area contributed by atoms with E-state index in [1.54, 1.807) is 30.3 Å². The number of halogens is 3. The summed E-state index contributed by atoms with van der Waals surface area (Å²) in [5.74, 6) is -1.35. The van der Waals surface area contributed by atoms with Gasteiger partial charge in [-0.05, 0) is 36.3 Å². The molecule has 0 N–H and O–H groups in total. The highest BCUT2D eigenvalue weighted by Gasteiger charge is 2.48. The minimum absolute atomic E-state index is 0.286. The van der Waals surface area contributed by atoms with E-state index in [0.29, 0.717) is 11.1 Å². The van der Waals surface area contributed by atoms with Crippen molar-refractivity contribution in [2.45, 2.75) is 12.4 Å². The smallest absolute Gasteiger partial charge is 0.375 e. The number of carbonyl (C=O) groups excluding carboxylic acids is 1. The first-order valence-electron chi connectivity index (χ1n) is 6.99. The van der Waals surface area contributed by atoms with Crippen molar-refractivity contribution in [1.29, 1.82) is 0 Å². The fourth-order valence-electron chi connectivity index (χ4n) is 1.89. The molecule has 0 aliphatic heterocycles. The molecule has 0 spiro atoms. The minimum Gasteiger partial charge on any atom is -0.375 e. The van der Waals surface area contributed by atoms with Crippen molar-refractivity contribution in [3.8, 4) is 5.75 Å². The molecule has 4 nitrogen and oxygen atoms in total. The number of benzene rings is 2. The molecule has 0 fully saturated rings. The van der Waals surface area contributed by atoms with Gasteiger partial charge in [0, 0.05) is 0 Å². The summed E-state index contributed by atoms with van der Waals surface area (Å²) in [6.45, 7) is 1.53. The molecule has 25 heavy (non-hydrogen) atoms. The molecule has 8 heteroatoms. The van der Waals surface area contributed by atoms with Crippen LogP contribution in [-0.2, 0) is 10.1 Å². The van der Waals surface area contributed by atoms with Gasteiger partial charge in [0.15, 0.2) is 11.5 Å². The van der Waals surface area contributed by atoms with Gasteiger partial charge < -0.3 is 4.18 Å². The van der Waals surface area contributed by atoms with E-state index in [2.05, 4.69) is 4.18 Å². The summed E-state index contributed by atoms with van der Waals surface area (Å²) in [4.78, 5) is 12.2. The van der Waals surface area contributed by atoms with Crippen LogP contribution in [0.2, 0.25) is 0 Å². The molecule has 0 saturated carbocycles. The molecule has 2 aromatic rings. The van der Waals surface area contributed by atoms with Crippen molar-refractivity contribution >= 4 is 22.0 Å². The lowest BCUT2D eigenvalue weighted by atomic mass is 10.1. The number of alkyl halides is 3. The molecule has 0 amide bonds. The van der Waals surface area contributed by atoms with Gasteiger partial charge >= 0.3 is 15.6 Å². The monoisotopic (exact) mass is 370 g/mol. The van der Waals surface area contributed by atoms with Crippen molar-refractivity contribution in [3.63, 3.8) is 0 Å². The van der Waals surface area contributed by atoms with Crippen LogP contribution in [0.1, 0.15) is 21.5 Å². The largest absolute Gasteiger partial charge is 0.534 e. The lowest BCUT2D eigenvalue weighted by Crippen LogP contribution is -2.28. The summed E-state index contributed by atoms with van der Waals surface area (Å²) in [5, 5.41) is 0. The Morgan fingerprint density at radius 1 is 1.08 bits per heavy atom. The lowest BCUT2D eigenvalue weighted by Gasteiger charge is -2.12. The predicted octanol–water partition coefficient (Wildman–Crippen LogP) is 4.12. The van der Waals surface area contributed by atoms with Crippen LogP contribution in [-0.4, -0.2) is 19.7 Å². The van der Waals surface area contributed by atoms with Crippen LogP contribution < -0.4 is 4.18 Å². The highest BCUT2D eigenvalue weighted by Crippen LogP contribution is 2.30. The fraction of sp³-hybridized carbons (Fsp3) is 0.118. The molecular formula is C17H13F3O4S. The van der Waals surface area contributed by atoms with Gasteiger partial charge in [-0.3, -0.25) is 4.79 Å². The van der Waals surface area contributed by atoms with Gasteiger partial charge in [0.1, 0.15) is 0 Å². The van der Waals surface area contributed by atoms with Crippen LogP contribution >= 0.6 is 0 Å². The maximum Gasteiger partial charge on any atom is 0.534 e. The number of allylic oxidation sites excluding steroid dienone is 1. The van der Waals surface area contributed by atoms with Gasteiger partial charge in [0.05, 0.1) is 5.56 Å². The summed E-state index contributed by atoms with van der Waals surface area (Å²) in [6.07, 6.45) is 2.59. The topological polar surface area (TPSA) is 60.4 Å². The summed E-state index contributed by atoms with van der Waals surface area (Å²) < 4.78 is 64.1. The van der Waals surface area contributed by atoms with Crippen LogP contribution in [0.5, 0.6) is 5.75 Å². The van der Waals surface area contributed by atoms with Gasteiger partial charge in [-0.2, -0.15) is 21.6 Å². The average Bonchev–Trinajstić information content (AvgIpc) is 2.52. The minimum atomic E-state index is -5.87. The Morgan fingerprint density at radius 3 is 2.32 bits per heavy atom. The normalized spacial score (nSPS) is 12.3. The van der Waals surface area contributed by atoms with Crippen molar-refractivity contribution in [3.05, 3.63) is 71.3 Å². The molecule has 0 unspecified atom stereocenters. The number of carbonyl (C=O) groups is 1. The SMILES string of the molecule is Cc1ccc(C(=O)/C=C/c2ccccc2)c(OS(=O)(=O)C(F)(F)F)c1. The Bertz CT molecular complexity index is 901. The molecule has 2 rings (SSSR count). The van der Waals surface area contributed by atoms with E-state index in [9.17, 15) is 26.4 Å². The summed E-state index contributed by atoms with van der Waals surface area (Å²) in [5.41, 5.74) is -4.73. The molecule has 2 aromatic carbocycles. The van der Waals surface area contributed by atoms with Crippen LogP contribution in [0.3, 0.4) is 0 Å². The van der Waals surface area contributed by atoms with Crippen molar-refractivity contribution in [2.75, 3.05) is 0 Å². The molecule has 0 radical (unpaired) electrons. The third-order valence-electron chi connectivity index (χ3n) is 3.11. The van der Waals surface area contributed by atoms with Crippen LogP contribution in [0.4, 0.5) is 13.2 Å². The quantitative estimate of drug-likeness (QED) is 0.344. The maximum absolute atomic E-state index is 12.5.